The molecule has 0 saturated carbocycles. The summed E-state index contributed by atoms with van der Waals surface area (Å²) in [6.07, 6.45) is 12.6. The Bertz CT molecular complexity index is 2580. The first-order chi connectivity index (χ1) is 35.4. The Morgan fingerprint density at radius 1 is 0.507 bits per heavy atom. The van der Waals surface area contributed by atoms with Crippen LogP contribution in [-0.4, -0.2) is 133 Å². The third-order valence-corrected chi connectivity index (χ3v) is 15.6. The Morgan fingerprint density at radius 2 is 0.890 bits per heavy atom. The summed E-state index contributed by atoms with van der Waals surface area (Å²) in [7, 11) is 0. The molecule has 390 valence electrons. The maximum absolute atomic E-state index is 13.4. The topological polar surface area (TPSA) is 124 Å². The van der Waals surface area contributed by atoms with Crippen LogP contribution in [0.2, 0.25) is 0 Å². The fraction of sp³-hybridized carbons (Fsp3) is 0.464. The smallest absolute Gasteiger partial charge is 0.246 e. The summed E-state index contributed by atoms with van der Waals surface area (Å²) in [5.41, 5.74) is 2.94. The molecule has 12 nitrogen and oxygen atoms in total. The average Bonchev–Trinajstić information content (AvgIpc) is 4.10. The summed E-state index contributed by atoms with van der Waals surface area (Å²) in [5, 5.41) is 20.4. The summed E-state index contributed by atoms with van der Waals surface area (Å²) < 4.78 is 88.5. The van der Waals surface area contributed by atoms with Crippen molar-refractivity contribution in [2.75, 3.05) is 79.2 Å². The molecule has 4 aromatic rings. The predicted octanol–water partition coefficient (Wildman–Crippen LogP) is 8.51. The summed E-state index contributed by atoms with van der Waals surface area (Å²) in [4.78, 5) is 33.5. The zero-order valence-electron chi connectivity index (χ0n) is 40.8. The molecule has 2 unspecified atom stereocenters. The van der Waals surface area contributed by atoms with Gasteiger partial charge in [0.25, 0.3) is 0 Å². The van der Waals surface area contributed by atoms with E-state index in [-0.39, 0.29) is 62.2 Å². The molecular weight excluding hydrogens is 952 g/mol. The molecule has 2 amide bonds. The predicted molar refractivity (Wildman–Crippen MR) is 263 cm³/mol. The summed E-state index contributed by atoms with van der Waals surface area (Å²) in [6, 6.07) is 17.4. The third-order valence-electron chi connectivity index (χ3n) is 15.6. The average molecular weight is 1020 g/mol. The molecule has 0 radical (unpaired) electrons. The van der Waals surface area contributed by atoms with Gasteiger partial charge in [-0.3, -0.25) is 19.4 Å². The Kier molecular flexibility index (Phi) is 17.0. The minimum atomic E-state index is -1.53. The van der Waals surface area contributed by atoms with Crippen LogP contribution < -0.4 is 18.9 Å². The fourth-order valence-electron chi connectivity index (χ4n) is 11.5. The lowest BCUT2D eigenvalue weighted by Gasteiger charge is -2.43. The number of hydrogen-bond acceptors (Lipinski definition) is 10. The van der Waals surface area contributed by atoms with Crippen LogP contribution in [-0.2, 0) is 9.59 Å². The van der Waals surface area contributed by atoms with Gasteiger partial charge in [-0.15, -0.1) is 0 Å². The van der Waals surface area contributed by atoms with Gasteiger partial charge in [0, 0.05) is 56.5 Å². The number of carbonyl (C=O) groups is 2. The highest BCUT2D eigenvalue weighted by molar-refractivity contribution is 5.92. The van der Waals surface area contributed by atoms with E-state index in [1.807, 2.05) is 12.1 Å². The maximum atomic E-state index is 13.4. The molecule has 2 atom stereocenters. The molecule has 4 aromatic carbocycles. The lowest BCUT2D eigenvalue weighted by atomic mass is 9.84. The molecule has 6 heterocycles. The molecule has 0 aliphatic carbocycles. The van der Waals surface area contributed by atoms with Crippen LogP contribution in [0.5, 0.6) is 23.0 Å². The molecule has 4 saturated heterocycles. The van der Waals surface area contributed by atoms with Crippen LogP contribution in [0.25, 0.3) is 12.2 Å². The van der Waals surface area contributed by atoms with Crippen LogP contribution in [0.3, 0.4) is 0 Å². The number of aliphatic hydroxyl groups is 2. The molecule has 73 heavy (non-hydrogen) atoms. The van der Waals surface area contributed by atoms with Crippen molar-refractivity contribution in [2.24, 2.45) is 11.8 Å². The maximum Gasteiger partial charge on any atom is 0.246 e. The van der Waals surface area contributed by atoms with E-state index in [1.54, 1.807) is 9.80 Å². The zero-order chi connectivity index (χ0) is 51.0. The largest absolute Gasteiger partial charge is 0.454 e. The van der Waals surface area contributed by atoms with Gasteiger partial charge in [-0.1, -0.05) is 12.1 Å². The van der Waals surface area contributed by atoms with E-state index in [0.29, 0.717) is 49.5 Å². The third kappa shape index (κ3) is 12.7. The Labute approximate surface area is 422 Å². The van der Waals surface area contributed by atoms with E-state index in [0.717, 1.165) is 119 Å². The molecule has 4 fully saturated rings. The number of rotatable bonds is 12. The summed E-state index contributed by atoms with van der Waals surface area (Å²) in [5.74, 6) is -1.13. The van der Waals surface area contributed by atoms with Crippen molar-refractivity contribution in [3.63, 3.8) is 0 Å². The highest BCUT2D eigenvalue weighted by Crippen LogP contribution is 2.40. The minimum Gasteiger partial charge on any atom is -0.454 e. The van der Waals surface area contributed by atoms with Crippen molar-refractivity contribution < 1.29 is 60.7 Å². The van der Waals surface area contributed by atoms with Crippen LogP contribution in [0.1, 0.15) is 85.5 Å². The van der Waals surface area contributed by atoms with Crippen molar-refractivity contribution in [3.8, 4) is 23.0 Å². The fourth-order valence-corrected chi connectivity index (χ4v) is 11.5. The van der Waals surface area contributed by atoms with Crippen molar-refractivity contribution in [1.82, 2.24) is 19.6 Å². The SMILES string of the molecule is O=C(/C=C/c1cc(F)c(F)c(F)c1)N1CCC(C(CO)N2CCC(c3ccc4c(c3)OCO4)CC2)CC1.O=C(/C=C/c1cc(F)cc(F)c1)N1CCC(C(CO)N2CCC(c3ccc4c(c3)OCO4)CC2)CC1. The van der Waals surface area contributed by atoms with Crippen LogP contribution >= 0.6 is 0 Å². The van der Waals surface area contributed by atoms with Crippen molar-refractivity contribution in [1.29, 1.82) is 0 Å². The Balaban J connectivity index is 0.000000180. The number of amides is 2. The highest BCUT2D eigenvalue weighted by atomic mass is 19.2. The molecule has 17 heteroatoms. The van der Waals surface area contributed by atoms with Gasteiger partial charge in [0.1, 0.15) is 11.6 Å². The quantitative estimate of drug-likeness (QED) is 0.0812. The van der Waals surface area contributed by atoms with Crippen molar-refractivity contribution >= 4 is 24.0 Å². The number of nitrogens with zero attached hydrogens (tertiary/aromatic N) is 4. The first-order valence-electron chi connectivity index (χ1n) is 25.5. The standard InChI is InChI=1S/C28H31F3N2O4.C28H32F2N2O4/c29-22-13-18(14-23(30)28(22)31)1-4-27(35)33-11-7-20(8-12-33)24(16-34)32-9-5-19(6-10-32)21-2-3-25-26(15-21)37-17-36-25;29-23-13-19(14-24(30)16-23)1-4-28(34)32-11-7-21(8-12-32)25(17-33)31-9-5-20(6-10-31)22-2-3-26-27(15-22)36-18-35-26/h1-4,13-15,19-20,24,34H,5-12,16-17H2;1-4,13-16,20-21,25,33H,5-12,17-18H2/b2*4-1+. The van der Waals surface area contributed by atoms with Gasteiger partial charge in [0.2, 0.25) is 25.4 Å². The normalized spacial score (nSPS) is 20.2. The second-order valence-electron chi connectivity index (χ2n) is 19.8. The lowest BCUT2D eigenvalue weighted by Crippen LogP contribution is -2.50. The number of piperidine rings is 4. The van der Waals surface area contributed by atoms with E-state index < -0.39 is 29.1 Å². The summed E-state index contributed by atoms with van der Waals surface area (Å²) >= 11 is 0. The van der Waals surface area contributed by atoms with Crippen LogP contribution in [0, 0.1) is 40.9 Å². The van der Waals surface area contributed by atoms with Gasteiger partial charge >= 0.3 is 0 Å². The first kappa shape index (κ1) is 51.9. The van der Waals surface area contributed by atoms with E-state index in [2.05, 4.69) is 34.1 Å². The van der Waals surface area contributed by atoms with Gasteiger partial charge in [-0.25, -0.2) is 22.0 Å². The monoisotopic (exact) mass is 1010 g/mol. The van der Waals surface area contributed by atoms with Gasteiger partial charge < -0.3 is 39.0 Å². The number of likely N-dealkylation sites (tertiary alicyclic amines) is 4. The number of benzene rings is 4. The molecule has 2 N–H and O–H groups in total. The van der Waals surface area contributed by atoms with Gasteiger partial charge in [0.15, 0.2) is 40.4 Å². The van der Waals surface area contributed by atoms with E-state index in [9.17, 15) is 41.8 Å². The number of carbonyl (C=O) groups excluding carboxylic acids is 2. The molecule has 6 aliphatic rings. The number of aliphatic hydroxyl groups excluding tert-OH is 2. The van der Waals surface area contributed by atoms with E-state index in [1.165, 1.54) is 47.6 Å². The summed E-state index contributed by atoms with van der Waals surface area (Å²) in [6.45, 7) is 6.70. The second-order valence-corrected chi connectivity index (χ2v) is 19.8. The highest BCUT2D eigenvalue weighted by Gasteiger charge is 2.36. The van der Waals surface area contributed by atoms with Crippen molar-refractivity contribution in [3.05, 3.63) is 130 Å². The van der Waals surface area contributed by atoms with Crippen molar-refractivity contribution in [2.45, 2.75) is 75.3 Å². The van der Waals surface area contributed by atoms with Gasteiger partial charge in [-0.2, -0.15) is 0 Å². The number of halogens is 5. The number of hydrogen-bond donors (Lipinski definition) is 2. The first-order valence-corrected chi connectivity index (χ1v) is 25.5. The Morgan fingerprint density at radius 3 is 1.29 bits per heavy atom. The molecule has 0 aromatic heterocycles. The molecule has 0 spiro atoms. The molecule has 0 bridgehead atoms. The second kappa shape index (κ2) is 23.9. The van der Waals surface area contributed by atoms with Crippen LogP contribution in [0.15, 0.2) is 78.9 Å². The van der Waals surface area contributed by atoms with Gasteiger partial charge in [0.05, 0.1) is 13.2 Å². The number of ether oxygens (including phenoxy) is 4. The van der Waals surface area contributed by atoms with E-state index >= 15 is 0 Å². The number of fused-ring (bicyclic) bond motifs is 2. The molecule has 10 rings (SSSR count). The van der Waals surface area contributed by atoms with Crippen LogP contribution in [0.4, 0.5) is 22.0 Å². The lowest BCUT2D eigenvalue weighted by molar-refractivity contribution is -0.128. The zero-order valence-corrected chi connectivity index (χ0v) is 40.8. The molecular formula is C56H63F5N4O8. The molecule has 6 aliphatic heterocycles. The minimum absolute atomic E-state index is 0.0515. The Hall–Kier alpha value is -6.01. The van der Waals surface area contributed by atoms with E-state index in [4.69, 9.17) is 18.9 Å². The van der Waals surface area contributed by atoms with Gasteiger partial charge in [-0.05, 0) is 184 Å².